The Morgan fingerprint density at radius 1 is 1.50 bits per heavy atom. The van der Waals surface area contributed by atoms with Crippen LogP contribution in [0.4, 0.5) is 4.79 Å². The first-order valence-electron chi connectivity index (χ1n) is 4.28. The summed E-state index contributed by atoms with van der Waals surface area (Å²) in [5, 5.41) is 8.68. The van der Waals surface area contributed by atoms with Gasteiger partial charge in [-0.3, -0.25) is 0 Å². The maximum atomic E-state index is 10.5. The molecule has 1 saturated heterocycles. The van der Waals surface area contributed by atoms with E-state index in [0.717, 1.165) is 31.8 Å². The molecule has 1 aliphatic heterocycles. The Kier molecular flexibility index (Phi) is 4.11. The van der Waals surface area contributed by atoms with E-state index in [1.807, 2.05) is 0 Å². The number of piperidine rings is 1. The molecule has 1 amide bonds. The van der Waals surface area contributed by atoms with E-state index in [2.05, 4.69) is 22.6 Å². The van der Waals surface area contributed by atoms with Gasteiger partial charge in [-0.2, -0.15) is 0 Å². The summed E-state index contributed by atoms with van der Waals surface area (Å²) >= 11 is 2.38. The number of nitrogens with zero attached hydrogens (tertiary/aromatic N) is 1. The van der Waals surface area contributed by atoms with Crippen molar-refractivity contribution in [3.8, 4) is 0 Å². The van der Waals surface area contributed by atoms with Gasteiger partial charge in [-0.1, -0.05) is 22.6 Å². The quantitative estimate of drug-likeness (QED) is 0.623. The average molecular weight is 283 g/mol. The molecule has 0 aromatic heterocycles. The summed E-state index contributed by atoms with van der Waals surface area (Å²) in [6, 6.07) is 0. The predicted octanol–water partition coefficient (Wildman–Crippen LogP) is 2.20. The summed E-state index contributed by atoms with van der Waals surface area (Å²) < 4.78 is 1.19. The molecule has 1 fully saturated rings. The Hall–Kier alpha value is 0. The first-order valence-corrected chi connectivity index (χ1v) is 5.80. The molecule has 4 heteroatoms. The van der Waals surface area contributed by atoms with E-state index in [4.69, 9.17) is 5.11 Å². The SMILES string of the molecule is O=C(O)N1CCC(CCI)CC1. The fourth-order valence-electron chi connectivity index (χ4n) is 1.57. The zero-order valence-corrected chi connectivity index (χ0v) is 9.16. The van der Waals surface area contributed by atoms with Crippen LogP contribution in [0.15, 0.2) is 0 Å². The average Bonchev–Trinajstić information content (AvgIpc) is 2.06. The summed E-state index contributed by atoms with van der Waals surface area (Å²) in [5.74, 6) is 0.762. The third-order valence-corrected chi connectivity index (χ3v) is 3.03. The van der Waals surface area contributed by atoms with Crippen LogP contribution in [0.5, 0.6) is 0 Å². The number of carbonyl (C=O) groups is 1. The molecular formula is C8H14INO2. The number of rotatable bonds is 2. The van der Waals surface area contributed by atoms with E-state index < -0.39 is 6.09 Å². The smallest absolute Gasteiger partial charge is 0.407 e. The second-order valence-electron chi connectivity index (χ2n) is 3.19. The number of halogens is 1. The molecule has 1 heterocycles. The van der Waals surface area contributed by atoms with Crippen molar-refractivity contribution in [2.24, 2.45) is 5.92 Å². The van der Waals surface area contributed by atoms with E-state index in [-0.39, 0.29) is 0 Å². The standard InChI is InChI=1S/C8H14INO2/c9-4-1-7-2-5-10(6-3-7)8(11)12/h7H,1-6H2,(H,11,12). The van der Waals surface area contributed by atoms with Gasteiger partial charge in [-0.15, -0.1) is 0 Å². The summed E-state index contributed by atoms with van der Waals surface area (Å²) in [6.45, 7) is 1.47. The maximum Gasteiger partial charge on any atom is 0.407 e. The zero-order chi connectivity index (χ0) is 8.97. The lowest BCUT2D eigenvalue weighted by Crippen LogP contribution is -2.37. The number of hydrogen-bond donors (Lipinski definition) is 1. The van der Waals surface area contributed by atoms with Gasteiger partial charge in [0.1, 0.15) is 0 Å². The lowest BCUT2D eigenvalue weighted by Gasteiger charge is -2.29. The molecule has 1 aliphatic rings. The van der Waals surface area contributed by atoms with Gasteiger partial charge in [0.15, 0.2) is 0 Å². The number of amides is 1. The molecule has 0 radical (unpaired) electrons. The molecule has 0 aromatic carbocycles. The Morgan fingerprint density at radius 3 is 2.50 bits per heavy atom. The number of alkyl halides is 1. The summed E-state index contributed by atoms with van der Waals surface area (Å²) in [5.41, 5.74) is 0. The molecule has 0 aliphatic carbocycles. The van der Waals surface area contributed by atoms with E-state index in [0.29, 0.717) is 0 Å². The second kappa shape index (κ2) is 4.89. The van der Waals surface area contributed by atoms with Crippen molar-refractivity contribution in [3.63, 3.8) is 0 Å². The van der Waals surface area contributed by atoms with Crippen LogP contribution in [-0.4, -0.2) is 33.6 Å². The molecule has 12 heavy (non-hydrogen) atoms. The molecular weight excluding hydrogens is 269 g/mol. The molecule has 1 rings (SSSR count). The summed E-state index contributed by atoms with van der Waals surface area (Å²) in [4.78, 5) is 12.1. The maximum absolute atomic E-state index is 10.5. The third kappa shape index (κ3) is 2.80. The third-order valence-electron chi connectivity index (χ3n) is 2.40. The van der Waals surface area contributed by atoms with Crippen molar-refractivity contribution in [2.75, 3.05) is 17.5 Å². The second-order valence-corrected chi connectivity index (χ2v) is 4.27. The monoisotopic (exact) mass is 283 g/mol. The zero-order valence-electron chi connectivity index (χ0n) is 7.00. The van der Waals surface area contributed by atoms with Crippen molar-refractivity contribution in [2.45, 2.75) is 19.3 Å². The van der Waals surface area contributed by atoms with Crippen molar-refractivity contribution >= 4 is 28.7 Å². The fraction of sp³-hybridized carbons (Fsp3) is 0.875. The minimum Gasteiger partial charge on any atom is -0.465 e. The Labute approximate surface area is 86.3 Å². The molecule has 0 aromatic rings. The summed E-state index contributed by atoms with van der Waals surface area (Å²) in [7, 11) is 0. The molecule has 70 valence electrons. The van der Waals surface area contributed by atoms with E-state index in [1.165, 1.54) is 15.7 Å². The highest BCUT2D eigenvalue weighted by Gasteiger charge is 2.21. The first kappa shape index (κ1) is 10.1. The molecule has 0 unspecified atom stereocenters. The molecule has 1 N–H and O–H groups in total. The van der Waals surface area contributed by atoms with Gasteiger partial charge in [-0.25, -0.2) is 4.79 Å². The lowest BCUT2D eigenvalue weighted by atomic mass is 9.95. The van der Waals surface area contributed by atoms with Gasteiger partial charge in [0.2, 0.25) is 0 Å². The van der Waals surface area contributed by atoms with E-state index >= 15 is 0 Å². The molecule has 0 bridgehead atoms. The highest BCUT2D eigenvalue weighted by molar-refractivity contribution is 14.1. The topological polar surface area (TPSA) is 40.5 Å². The van der Waals surface area contributed by atoms with Gasteiger partial charge in [-0.05, 0) is 29.6 Å². The lowest BCUT2D eigenvalue weighted by molar-refractivity contribution is 0.124. The van der Waals surface area contributed by atoms with Gasteiger partial charge >= 0.3 is 6.09 Å². The molecule has 3 nitrogen and oxygen atoms in total. The minimum atomic E-state index is -0.761. The predicted molar refractivity (Wildman–Crippen MR) is 55.8 cm³/mol. The fourth-order valence-corrected chi connectivity index (χ4v) is 2.45. The normalized spacial score (nSPS) is 19.6. The highest BCUT2D eigenvalue weighted by Crippen LogP contribution is 2.20. The van der Waals surface area contributed by atoms with Crippen LogP contribution in [0.25, 0.3) is 0 Å². The van der Waals surface area contributed by atoms with E-state index in [9.17, 15) is 4.79 Å². The Morgan fingerprint density at radius 2 is 2.08 bits per heavy atom. The Balaban J connectivity index is 2.25. The van der Waals surface area contributed by atoms with Crippen molar-refractivity contribution in [3.05, 3.63) is 0 Å². The van der Waals surface area contributed by atoms with E-state index in [1.54, 1.807) is 0 Å². The highest BCUT2D eigenvalue weighted by atomic mass is 127. The van der Waals surface area contributed by atoms with Gasteiger partial charge in [0.05, 0.1) is 0 Å². The van der Waals surface area contributed by atoms with Crippen LogP contribution in [-0.2, 0) is 0 Å². The van der Waals surface area contributed by atoms with Crippen LogP contribution in [0, 0.1) is 5.92 Å². The number of carboxylic acid groups (broad SMARTS) is 1. The van der Waals surface area contributed by atoms with Crippen LogP contribution in [0.3, 0.4) is 0 Å². The van der Waals surface area contributed by atoms with Crippen LogP contribution in [0.1, 0.15) is 19.3 Å². The van der Waals surface area contributed by atoms with Crippen molar-refractivity contribution in [1.29, 1.82) is 0 Å². The molecule has 0 spiro atoms. The molecule has 0 saturated carbocycles. The van der Waals surface area contributed by atoms with Crippen molar-refractivity contribution in [1.82, 2.24) is 4.90 Å². The van der Waals surface area contributed by atoms with Crippen LogP contribution >= 0.6 is 22.6 Å². The largest absolute Gasteiger partial charge is 0.465 e. The molecule has 0 atom stereocenters. The van der Waals surface area contributed by atoms with Gasteiger partial charge in [0, 0.05) is 13.1 Å². The van der Waals surface area contributed by atoms with Crippen LogP contribution < -0.4 is 0 Å². The first-order chi connectivity index (χ1) is 5.74. The van der Waals surface area contributed by atoms with Crippen molar-refractivity contribution < 1.29 is 9.90 Å². The number of likely N-dealkylation sites (tertiary alicyclic amines) is 1. The summed E-state index contributed by atoms with van der Waals surface area (Å²) in [6.07, 6.45) is 2.58. The van der Waals surface area contributed by atoms with Gasteiger partial charge < -0.3 is 10.0 Å². The number of hydrogen-bond acceptors (Lipinski definition) is 1. The van der Waals surface area contributed by atoms with Gasteiger partial charge in [0.25, 0.3) is 0 Å². The van der Waals surface area contributed by atoms with Crippen LogP contribution in [0.2, 0.25) is 0 Å². The Bertz CT molecular complexity index is 155. The minimum absolute atomic E-state index is 0.733.